The van der Waals surface area contributed by atoms with E-state index in [2.05, 4.69) is 4.98 Å². The van der Waals surface area contributed by atoms with E-state index in [9.17, 15) is 13.2 Å². The van der Waals surface area contributed by atoms with Crippen LogP contribution in [0.5, 0.6) is 0 Å². The molecule has 4 aliphatic rings. The number of hydrogen-bond donors (Lipinski definition) is 0. The second-order valence-corrected chi connectivity index (χ2v) is 10.8. The van der Waals surface area contributed by atoms with Gasteiger partial charge in [0.05, 0.1) is 34.1 Å². The van der Waals surface area contributed by atoms with Crippen LogP contribution in [-0.2, 0) is 4.74 Å². The molecule has 4 fully saturated rings. The summed E-state index contributed by atoms with van der Waals surface area (Å²) in [7, 11) is 0. The lowest BCUT2D eigenvalue weighted by Gasteiger charge is -2.39. The molecule has 3 unspecified atom stereocenters. The van der Waals surface area contributed by atoms with Crippen LogP contribution in [0.15, 0.2) is 24.4 Å². The predicted molar refractivity (Wildman–Crippen MR) is 125 cm³/mol. The molecule has 4 heterocycles. The Morgan fingerprint density at radius 3 is 2.49 bits per heavy atom. The van der Waals surface area contributed by atoms with Gasteiger partial charge in [0.15, 0.2) is 0 Å². The zero-order valence-electron chi connectivity index (χ0n) is 20.2. The highest BCUT2D eigenvalue weighted by Gasteiger charge is 2.69. The summed E-state index contributed by atoms with van der Waals surface area (Å²) in [5, 5.41) is 0. The summed E-state index contributed by atoms with van der Waals surface area (Å²) in [5.74, 6) is -0.0797. The molecule has 3 aliphatic carbocycles. The third-order valence-electron chi connectivity index (χ3n) is 8.54. The van der Waals surface area contributed by atoms with Crippen LogP contribution in [0.25, 0.3) is 11.0 Å². The Morgan fingerprint density at radius 1 is 1.00 bits per heavy atom. The zero-order valence-corrected chi connectivity index (χ0v) is 20.2. The van der Waals surface area contributed by atoms with Crippen LogP contribution < -0.4 is 0 Å². The van der Waals surface area contributed by atoms with Crippen molar-refractivity contribution >= 4 is 11.0 Å². The first kappa shape index (κ1) is 22.8. The fraction of sp³-hybridized carbons (Fsp3) is 0.556. The number of rotatable bonds is 3. The van der Waals surface area contributed by atoms with Gasteiger partial charge >= 0.3 is 6.18 Å². The smallest absolute Gasteiger partial charge is 0.373 e. The Labute approximate surface area is 202 Å². The minimum atomic E-state index is -4.17. The number of nitrogens with zero attached hydrogens (tertiary/aromatic N) is 4. The highest BCUT2D eigenvalue weighted by Crippen LogP contribution is 2.70. The maximum atomic E-state index is 13.8. The quantitative estimate of drug-likeness (QED) is 0.431. The van der Waals surface area contributed by atoms with Crippen LogP contribution in [0, 0.1) is 32.1 Å². The van der Waals surface area contributed by atoms with E-state index in [0.717, 1.165) is 46.7 Å². The average Bonchev–Trinajstić information content (AvgIpc) is 3.37. The number of aryl methyl sites for hydroxylation is 3. The first-order chi connectivity index (χ1) is 16.6. The monoisotopic (exact) mass is 482 g/mol. The van der Waals surface area contributed by atoms with Gasteiger partial charge in [0.1, 0.15) is 5.52 Å². The van der Waals surface area contributed by atoms with Gasteiger partial charge in [-0.3, -0.25) is 9.97 Å². The highest BCUT2D eigenvalue weighted by molar-refractivity contribution is 5.78. The van der Waals surface area contributed by atoms with Crippen molar-refractivity contribution in [2.45, 2.75) is 77.0 Å². The number of halogens is 3. The standard InChI is InChI=1S/C27H29F3N4O/c1-14-8-18(4-6-31-14)23-9-17(5-7-35-23)21-10-22-25(33-16(3)15(2)32-22)24(34-21)20-13-26(27(28,29)30)11-19(20)12-26/h4,6,8,10,17,19-20,23H,5,7,9,11-13H2,1-3H3. The maximum absolute atomic E-state index is 13.8. The van der Waals surface area contributed by atoms with Gasteiger partial charge in [0.25, 0.3) is 0 Å². The van der Waals surface area contributed by atoms with Crippen molar-refractivity contribution in [2.75, 3.05) is 6.61 Å². The van der Waals surface area contributed by atoms with Crippen molar-refractivity contribution < 1.29 is 17.9 Å². The van der Waals surface area contributed by atoms with Gasteiger partial charge in [-0.15, -0.1) is 0 Å². The number of pyridine rings is 2. The molecule has 35 heavy (non-hydrogen) atoms. The summed E-state index contributed by atoms with van der Waals surface area (Å²) in [6.07, 6.45) is -0.337. The molecule has 0 amide bonds. The lowest BCUT2D eigenvalue weighted by molar-refractivity contribution is -0.244. The van der Waals surface area contributed by atoms with Crippen molar-refractivity contribution in [3.05, 3.63) is 58.4 Å². The molecule has 3 aromatic heterocycles. The molecular formula is C27H29F3N4O. The second-order valence-electron chi connectivity index (χ2n) is 10.8. The van der Waals surface area contributed by atoms with Crippen LogP contribution in [0.1, 0.15) is 84.1 Å². The number of alkyl halides is 3. The van der Waals surface area contributed by atoms with E-state index in [1.54, 1.807) is 6.20 Å². The number of hydrogen-bond acceptors (Lipinski definition) is 5. The molecule has 0 spiro atoms. The topological polar surface area (TPSA) is 60.8 Å². The minimum absolute atomic E-state index is 0.00761. The lowest BCUT2D eigenvalue weighted by Crippen LogP contribution is -2.42. The molecule has 1 aliphatic heterocycles. The molecule has 0 N–H and O–H groups in total. The maximum Gasteiger partial charge on any atom is 0.394 e. The van der Waals surface area contributed by atoms with E-state index in [0.29, 0.717) is 17.8 Å². The zero-order chi connectivity index (χ0) is 24.5. The Bertz CT molecular complexity index is 1300. The summed E-state index contributed by atoms with van der Waals surface area (Å²) >= 11 is 0. The minimum Gasteiger partial charge on any atom is -0.373 e. The van der Waals surface area contributed by atoms with Crippen molar-refractivity contribution in [1.82, 2.24) is 19.9 Å². The molecule has 3 atom stereocenters. The number of ether oxygens (including phenoxy) is 1. The molecule has 184 valence electrons. The van der Waals surface area contributed by atoms with E-state index in [4.69, 9.17) is 19.7 Å². The third-order valence-corrected chi connectivity index (χ3v) is 8.54. The fourth-order valence-electron chi connectivity index (χ4n) is 6.46. The molecule has 0 aromatic carbocycles. The van der Waals surface area contributed by atoms with Gasteiger partial charge in [0.2, 0.25) is 0 Å². The Morgan fingerprint density at radius 2 is 1.77 bits per heavy atom. The molecule has 2 bridgehead atoms. The van der Waals surface area contributed by atoms with Gasteiger partial charge < -0.3 is 4.74 Å². The van der Waals surface area contributed by atoms with Crippen molar-refractivity contribution in [1.29, 1.82) is 0 Å². The lowest BCUT2D eigenvalue weighted by atomic mass is 9.68. The summed E-state index contributed by atoms with van der Waals surface area (Å²) in [6.45, 7) is 6.38. The van der Waals surface area contributed by atoms with Crippen molar-refractivity contribution in [2.24, 2.45) is 11.3 Å². The van der Waals surface area contributed by atoms with E-state index in [1.165, 1.54) is 0 Å². The van der Waals surface area contributed by atoms with Crippen LogP contribution >= 0.6 is 0 Å². The summed E-state index contributed by atoms with van der Waals surface area (Å²) in [4.78, 5) is 18.9. The van der Waals surface area contributed by atoms with Gasteiger partial charge in [-0.05, 0) is 82.6 Å². The van der Waals surface area contributed by atoms with Crippen LogP contribution in [0.2, 0.25) is 0 Å². The van der Waals surface area contributed by atoms with Crippen molar-refractivity contribution in [3.8, 4) is 0 Å². The molecule has 0 radical (unpaired) electrons. The van der Waals surface area contributed by atoms with Crippen LogP contribution in [0.4, 0.5) is 13.2 Å². The van der Waals surface area contributed by atoms with E-state index < -0.39 is 11.6 Å². The van der Waals surface area contributed by atoms with Gasteiger partial charge in [-0.2, -0.15) is 13.2 Å². The third kappa shape index (κ3) is 3.72. The molecule has 8 heteroatoms. The largest absolute Gasteiger partial charge is 0.394 e. The molecule has 7 rings (SSSR count). The summed E-state index contributed by atoms with van der Waals surface area (Å²) in [5.41, 5.74) is 5.13. The van der Waals surface area contributed by atoms with Crippen LogP contribution in [0.3, 0.4) is 0 Å². The number of fused-ring (bicyclic) bond motifs is 2. The Balaban J connectivity index is 1.39. The Hall–Kier alpha value is -2.61. The second kappa shape index (κ2) is 7.95. The average molecular weight is 483 g/mol. The Kier molecular flexibility index (Phi) is 5.18. The molecule has 5 nitrogen and oxygen atoms in total. The molecule has 1 saturated heterocycles. The molecule has 3 saturated carbocycles. The van der Waals surface area contributed by atoms with Gasteiger partial charge in [-0.1, -0.05) is 0 Å². The van der Waals surface area contributed by atoms with E-state index in [1.807, 2.05) is 39.0 Å². The predicted octanol–water partition coefficient (Wildman–Crippen LogP) is 6.43. The first-order valence-corrected chi connectivity index (χ1v) is 12.4. The highest BCUT2D eigenvalue weighted by atomic mass is 19.4. The number of aromatic nitrogens is 4. The van der Waals surface area contributed by atoms with Crippen LogP contribution in [-0.4, -0.2) is 32.7 Å². The van der Waals surface area contributed by atoms with Gasteiger partial charge in [0, 0.05) is 36.0 Å². The normalized spacial score (nSPS) is 30.5. The summed E-state index contributed by atoms with van der Waals surface area (Å²) < 4.78 is 47.6. The SMILES string of the molecule is Cc1cc(C2CC(c3cc4nc(C)c(C)nc4c(C4CC5(C(F)(F)F)CC4C5)n3)CCO2)ccn1. The van der Waals surface area contributed by atoms with Gasteiger partial charge in [-0.25, -0.2) is 9.97 Å². The van der Waals surface area contributed by atoms with E-state index >= 15 is 0 Å². The van der Waals surface area contributed by atoms with E-state index in [-0.39, 0.29) is 43.1 Å². The van der Waals surface area contributed by atoms with Crippen molar-refractivity contribution in [3.63, 3.8) is 0 Å². The molecular weight excluding hydrogens is 453 g/mol. The fourth-order valence-corrected chi connectivity index (χ4v) is 6.46. The molecule has 3 aromatic rings. The summed E-state index contributed by atoms with van der Waals surface area (Å²) in [6, 6.07) is 6.04. The first-order valence-electron chi connectivity index (χ1n) is 12.4.